The first-order valence-corrected chi connectivity index (χ1v) is 7.81. The summed E-state index contributed by atoms with van der Waals surface area (Å²) >= 11 is 0. The Kier molecular flexibility index (Phi) is 6.97. The summed E-state index contributed by atoms with van der Waals surface area (Å²) in [6, 6.07) is 6.76. The topological polar surface area (TPSA) is 94.6 Å². The summed E-state index contributed by atoms with van der Waals surface area (Å²) in [6.45, 7) is 2.85. The molecule has 0 saturated carbocycles. The van der Waals surface area contributed by atoms with E-state index in [-0.39, 0.29) is 11.9 Å². The molecule has 134 valence electrons. The maximum Gasteiger partial charge on any atom is 0.319 e. The van der Waals surface area contributed by atoms with E-state index in [9.17, 15) is 4.79 Å². The van der Waals surface area contributed by atoms with Crippen molar-refractivity contribution in [2.24, 2.45) is 0 Å². The van der Waals surface area contributed by atoms with Crippen molar-refractivity contribution in [1.82, 2.24) is 15.3 Å². The zero-order valence-corrected chi connectivity index (χ0v) is 14.5. The highest BCUT2D eigenvalue weighted by Crippen LogP contribution is 2.20. The fourth-order valence-corrected chi connectivity index (χ4v) is 2.23. The van der Waals surface area contributed by atoms with Gasteiger partial charge in [0.15, 0.2) is 0 Å². The minimum atomic E-state index is -0.413. The van der Waals surface area contributed by atoms with Gasteiger partial charge in [0.25, 0.3) is 0 Å². The number of anilines is 1. The molecule has 0 fully saturated rings. The molecule has 0 bridgehead atoms. The molecule has 1 heterocycles. The van der Waals surface area contributed by atoms with E-state index < -0.39 is 6.03 Å². The zero-order chi connectivity index (χ0) is 18.1. The first kappa shape index (κ1) is 18.5. The van der Waals surface area contributed by atoms with Crippen molar-refractivity contribution < 1.29 is 19.0 Å². The molecule has 0 spiro atoms. The van der Waals surface area contributed by atoms with Crippen LogP contribution >= 0.6 is 0 Å². The summed E-state index contributed by atoms with van der Waals surface area (Å²) in [7, 11) is 3.05. The normalized spacial score (nSPS) is 11.5. The average molecular weight is 346 g/mol. The number of nitrogens with one attached hydrogen (secondary N) is 2. The molecule has 0 aliphatic heterocycles. The quantitative estimate of drug-likeness (QED) is 0.762. The molecular weight excluding hydrogens is 324 g/mol. The number of benzene rings is 1. The van der Waals surface area contributed by atoms with Gasteiger partial charge < -0.3 is 24.8 Å². The Labute approximate surface area is 146 Å². The lowest BCUT2D eigenvalue weighted by Gasteiger charge is -2.19. The van der Waals surface area contributed by atoms with E-state index >= 15 is 0 Å². The van der Waals surface area contributed by atoms with Gasteiger partial charge in [0.2, 0.25) is 5.88 Å². The Morgan fingerprint density at radius 1 is 1.24 bits per heavy atom. The molecule has 1 atom stereocenters. The molecular formula is C17H22N4O4. The maximum absolute atomic E-state index is 12.3. The summed E-state index contributed by atoms with van der Waals surface area (Å²) in [5.41, 5.74) is 1.28. The van der Waals surface area contributed by atoms with Crippen LogP contribution in [0.5, 0.6) is 11.6 Å². The van der Waals surface area contributed by atoms with Gasteiger partial charge >= 0.3 is 6.03 Å². The number of carbonyl (C=O) groups is 1. The Balaban J connectivity index is 2.06. The number of urea groups is 1. The number of amides is 2. The van der Waals surface area contributed by atoms with Gasteiger partial charge in [-0.2, -0.15) is 4.98 Å². The monoisotopic (exact) mass is 346 g/mol. The van der Waals surface area contributed by atoms with Gasteiger partial charge in [-0.3, -0.25) is 0 Å². The van der Waals surface area contributed by atoms with Crippen molar-refractivity contribution >= 4 is 11.7 Å². The molecule has 1 aromatic heterocycles. The van der Waals surface area contributed by atoms with Gasteiger partial charge in [-0.05, 0) is 24.6 Å². The Hall–Kier alpha value is -2.87. The average Bonchev–Trinajstić information content (AvgIpc) is 2.63. The van der Waals surface area contributed by atoms with E-state index in [1.807, 2.05) is 31.2 Å². The molecule has 0 aliphatic rings. The molecule has 25 heavy (non-hydrogen) atoms. The Morgan fingerprint density at radius 3 is 2.64 bits per heavy atom. The minimum absolute atomic E-state index is 0.287. The molecule has 0 unspecified atom stereocenters. The highest BCUT2D eigenvalue weighted by Gasteiger charge is 2.16. The second-order valence-corrected chi connectivity index (χ2v) is 5.05. The van der Waals surface area contributed by atoms with Crippen molar-refractivity contribution in [2.45, 2.75) is 13.0 Å². The van der Waals surface area contributed by atoms with Crippen LogP contribution in [0, 0.1) is 0 Å². The first-order chi connectivity index (χ1) is 12.2. The highest BCUT2D eigenvalue weighted by molar-refractivity contribution is 5.90. The molecule has 2 N–H and O–H groups in total. The third-order valence-corrected chi connectivity index (χ3v) is 3.35. The van der Waals surface area contributed by atoms with Gasteiger partial charge in [-0.1, -0.05) is 12.1 Å². The highest BCUT2D eigenvalue weighted by atomic mass is 16.5. The lowest BCUT2D eigenvalue weighted by atomic mass is 10.1. The van der Waals surface area contributed by atoms with E-state index in [2.05, 4.69) is 20.6 Å². The van der Waals surface area contributed by atoms with E-state index in [0.717, 1.165) is 11.3 Å². The van der Waals surface area contributed by atoms with Crippen LogP contribution in [0.2, 0.25) is 0 Å². The number of carbonyl (C=O) groups excluding carboxylic acids is 1. The Bertz CT molecular complexity index is 679. The fraction of sp³-hybridized carbons (Fsp3) is 0.353. The summed E-state index contributed by atoms with van der Waals surface area (Å²) in [5, 5.41) is 5.53. The number of methoxy groups -OCH3 is 2. The minimum Gasteiger partial charge on any atom is -0.494 e. The van der Waals surface area contributed by atoms with Crippen molar-refractivity contribution in [1.29, 1.82) is 0 Å². The van der Waals surface area contributed by atoms with Gasteiger partial charge in [-0.15, -0.1) is 0 Å². The molecule has 2 rings (SSSR count). The van der Waals surface area contributed by atoms with Crippen LogP contribution < -0.4 is 20.1 Å². The fourth-order valence-electron chi connectivity index (χ4n) is 2.23. The third-order valence-electron chi connectivity index (χ3n) is 3.35. The van der Waals surface area contributed by atoms with Crippen LogP contribution in [0.25, 0.3) is 0 Å². The van der Waals surface area contributed by atoms with Crippen LogP contribution in [0.4, 0.5) is 10.5 Å². The number of nitrogens with zero attached hydrogens (tertiary/aromatic N) is 2. The van der Waals surface area contributed by atoms with Crippen molar-refractivity contribution in [3.05, 3.63) is 42.4 Å². The zero-order valence-electron chi connectivity index (χ0n) is 14.5. The van der Waals surface area contributed by atoms with Crippen molar-refractivity contribution in [2.75, 3.05) is 32.8 Å². The van der Waals surface area contributed by atoms with Crippen molar-refractivity contribution in [3.63, 3.8) is 0 Å². The summed E-state index contributed by atoms with van der Waals surface area (Å²) in [5.74, 6) is 1.06. The first-order valence-electron chi connectivity index (χ1n) is 7.81. The predicted octanol–water partition coefficient (Wildman–Crippen LogP) is 2.39. The number of hydrogen-bond acceptors (Lipinski definition) is 6. The molecule has 2 amide bonds. The van der Waals surface area contributed by atoms with Crippen LogP contribution in [0.1, 0.15) is 18.5 Å². The SMILES string of the molecule is CCOc1ccc([C@H](COC)NC(=O)Nc2cncnc2OC)cc1. The maximum atomic E-state index is 12.3. The van der Waals surface area contributed by atoms with Crippen molar-refractivity contribution in [3.8, 4) is 11.6 Å². The van der Waals surface area contributed by atoms with Crippen LogP contribution in [0.15, 0.2) is 36.8 Å². The molecule has 0 saturated heterocycles. The number of aromatic nitrogens is 2. The van der Waals surface area contributed by atoms with Gasteiger partial charge in [0.1, 0.15) is 17.8 Å². The summed E-state index contributed by atoms with van der Waals surface area (Å²) in [4.78, 5) is 20.1. The van der Waals surface area contributed by atoms with Gasteiger partial charge in [0, 0.05) is 7.11 Å². The van der Waals surface area contributed by atoms with E-state index in [1.54, 1.807) is 7.11 Å². The largest absolute Gasteiger partial charge is 0.494 e. The molecule has 0 radical (unpaired) electrons. The Morgan fingerprint density at radius 2 is 2.00 bits per heavy atom. The molecule has 0 aliphatic carbocycles. The third kappa shape index (κ3) is 5.32. The molecule has 8 nitrogen and oxygen atoms in total. The molecule has 8 heteroatoms. The molecule has 1 aromatic carbocycles. The molecule has 2 aromatic rings. The smallest absolute Gasteiger partial charge is 0.319 e. The van der Waals surface area contributed by atoms with Crippen LogP contribution in [0.3, 0.4) is 0 Å². The number of rotatable bonds is 8. The summed E-state index contributed by atoms with van der Waals surface area (Å²) in [6.07, 6.45) is 2.81. The van der Waals surface area contributed by atoms with Crippen LogP contribution in [-0.2, 0) is 4.74 Å². The van der Waals surface area contributed by atoms with E-state index in [1.165, 1.54) is 19.6 Å². The second-order valence-electron chi connectivity index (χ2n) is 5.05. The lowest BCUT2D eigenvalue weighted by Crippen LogP contribution is -2.35. The second kappa shape index (κ2) is 9.43. The number of hydrogen-bond donors (Lipinski definition) is 2. The predicted molar refractivity (Wildman–Crippen MR) is 93.0 cm³/mol. The summed E-state index contributed by atoms with van der Waals surface area (Å²) < 4.78 is 15.7. The van der Waals surface area contributed by atoms with E-state index in [4.69, 9.17) is 14.2 Å². The van der Waals surface area contributed by atoms with Gasteiger partial charge in [0.05, 0.1) is 32.6 Å². The standard InChI is InChI=1S/C17H22N4O4/c1-4-25-13-7-5-12(6-8-13)15(10-23-2)21-17(22)20-14-9-18-11-19-16(14)24-3/h5-9,11,15H,4,10H2,1-3H3,(H2,20,21,22)/t15-/m0/s1. The van der Waals surface area contributed by atoms with Crippen LogP contribution in [-0.4, -0.2) is 43.4 Å². The number of ether oxygens (including phenoxy) is 3. The lowest BCUT2D eigenvalue weighted by molar-refractivity contribution is 0.168. The van der Waals surface area contributed by atoms with Gasteiger partial charge in [-0.25, -0.2) is 9.78 Å². The van der Waals surface area contributed by atoms with E-state index in [0.29, 0.717) is 18.9 Å².